The highest BCUT2D eigenvalue weighted by molar-refractivity contribution is 6.28. The summed E-state index contributed by atoms with van der Waals surface area (Å²) in [5.74, 6) is -1.18. The van der Waals surface area contributed by atoms with E-state index < -0.39 is 5.97 Å². The SMILES string of the molecule is CCCC1OCC1(CCC)COC(=O)c1ccc(N2C(=O)C=CC2=O)cc1. The van der Waals surface area contributed by atoms with E-state index in [1.54, 1.807) is 24.3 Å². The second-order valence-electron chi connectivity index (χ2n) is 7.17. The Kier molecular flexibility index (Phi) is 5.75. The third kappa shape index (κ3) is 3.81. The van der Waals surface area contributed by atoms with Crippen molar-refractivity contribution in [3.8, 4) is 0 Å². The molecule has 1 aromatic carbocycles. The van der Waals surface area contributed by atoms with E-state index in [2.05, 4.69) is 13.8 Å². The molecule has 2 heterocycles. The van der Waals surface area contributed by atoms with Gasteiger partial charge in [-0.1, -0.05) is 26.7 Å². The monoisotopic (exact) mass is 371 g/mol. The number of carbonyl (C=O) groups excluding carboxylic acids is 3. The van der Waals surface area contributed by atoms with Crippen LogP contribution in [0.15, 0.2) is 36.4 Å². The largest absolute Gasteiger partial charge is 0.461 e. The van der Waals surface area contributed by atoms with Crippen LogP contribution in [0.5, 0.6) is 0 Å². The lowest BCUT2D eigenvalue weighted by Gasteiger charge is -2.49. The van der Waals surface area contributed by atoms with Gasteiger partial charge in [-0.25, -0.2) is 9.69 Å². The predicted octanol–water partition coefficient (Wildman–Crippen LogP) is 3.26. The van der Waals surface area contributed by atoms with E-state index in [-0.39, 0.29) is 23.3 Å². The van der Waals surface area contributed by atoms with Gasteiger partial charge in [0.25, 0.3) is 11.8 Å². The molecule has 6 heteroatoms. The molecular formula is C21H25NO5. The first kappa shape index (κ1) is 19.3. The van der Waals surface area contributed by atoms with Crippen molar-refractivity contribution in [3.05, 3.63) is 42.0 Å². The first-order valence-corrected chi connectivity index (χ1v) is 9.45. The lowest BCUT2D eigenvalue weighted by atomic mass is 9.73. The van der Waals surface area contributed by atoms with Crippen molar-refractivity contribution in [3.63, 3.8) is 0 Å². The standard InChI is InChI=1S/C21H25NO5/c1-3-5-17-21(12-4-2,13-26-17)14-27-20(25)15-6-8-16(9-7-15)22-18(23)10-11-19(22)24/h6-11,17H,3-5,12-14H2,1-2H3. The van der Waals surface area contributed by atoms with Gasteiger partial charge in [-0.3, -0.25) is 9.59 Å². The number of amides is 2. The number of hydrogen-bond acceptors (Lipinski definition) is 5. The van der Waals surface area contributed by atoms with E-state index in [1.165, 1.54) is 12.2 Å². The number of benzene rings is 1. The average molecular weight is 371 g/mol. The first-order valence-electron chi connectivity index (χ1n) is 9.45. The van der Waals surface area contributed by atoms with Crippen LogP contribution in [0.2, 0.25) is 0 Å². The lowest BCUT2D eigenvalue weighted by molar-refractivity contribution is -0.210. The molecule has 2 aliphatic rings. The van der Waals surface area contributed by atoms with Gasteiger partial charge >= 0.3 is 5.97 Å². The van der Waals surface area contributed by atoms with Crippen LogP contribution >= 0.6 is 0 Å². The lowest BCUT2D eigenvalue weighted by Crippen LogP contribution is -2.55. The van der Waals surface area contributed by atoms with Gasteiger partial charge in [0.1, 0.15) is 6.61 Å². The molecule has 6 nitrogen and oxygen atoms in total. The van der Waals surface area contributed by atoms with Crippen molar-refractivity contribution in [2.24, 2.45) is 5.41 Å². The quantitative estimate of drug-likeness (QED) is 0.518. The fourth-order valence-corrected chi connectivity index (χ4v) is 3.72. The van der Waals surface area contributed by atoms with Gasteiger partial charge in [0.05, 0.1) is 29.4 Å². The Hall–Kier alpha value is -2.47. The van der Waals surface area contributed by atoms with Crippen molar-refractivity contribution >= 4 is 23.5 Å². The highest BCUT2D eigenvalue weighted by Gasteiger charge is 2.48. The van der Waals surface area contributed by atoms with Gasteiger partial charge in [-0.05, 0) is 37.1 Å². The maximum absolute atomic E-state index is 12.4. The van der Waals surface area contributed by atoms with Crippen LogP contribution in [0.3, 0.4) is 0 Å². The molecule has 0 bridgehead atoms. The molecule has 0 radical (unpaired) electrons. The van der Waals surface area contributed by atoms with Crippen LogP contribution in [-0.4, -0.2) is 37.1 Å². The third-order valence-electron chi connectivity index (χ3n) is 5.21. The van der Waals surface area contributed by atoms with Gasteiger partial charge in [-0.15, -0.1) is 0 Å². The predicted molar refractivity (Wildman–Crippen MR) is 100 cm³/mol. The molecule has 1 aromatic rings. The number of esters is 1. The molecule has 27 heavy (non-hydrogen) atoms. The van der Waals surface area contributed by atoms with Crippen LogP contribution in [0.25, 0.3) is 0 Å². The van der Waals surface area contributed by atoms with Crippen molar-refractivity contribution in [1.29, 1.82) is 0 Å². The Morgan fingerprint density at radius 2 is 1.81 bits per heavy atom. The number of ether oxygens (including phenoxy) is 2. The van der Waals surface area contributed by atoms with Crippen LogP contribution in [-0.2, 0) is 19.1 Å². The Morgan fingerprint density at radius 1 is 1.15 bits per heavy atom. The molecule has 2 atom stereocenters. The van der Waals surface area contributed by atoms with Gasteiger partial charge < -0.3 is 9.47 Å². The Bertz CT molecular complexity index is 736. The molecular weight excluding hydrogens is 346 g/mol. The van der Waals surface area contributed by atoms with Crippen LogP contribution in [0.1, 0.15) is 49.9 Å². The normalized spacial score (nSPS) is 24.2. The summed E-state index contributed by atoms with van der Waals surface area (Å²) in [6.07, 6.45) is 6.60. The number of nitrogens with zero attached hydrogens (tertiary/aromatic N) is 1. The van der Waals surface area contributed by atoms with Crippen molar-refractivity contribution in [1.82, 2.24) is 0 Å². The number of anilines is 1. The van der Waals surface area contributed by atoms with E-state index in [0.29, 0.717) is 24.5 Å². The van der Waals surface area contributed by atoms with Crippen molar-refractivity contribution in [2.75, 3.05) is 18.1 Å². The topological polar surface area (TPSA) is 72.9 Å². The zero-order valence-corrected chi connectivity index (χ0v) is 15.8. The van der Waals surface area contributed by atoms with Crippen molar-refractivity contribution in [2.45, 2.75) is 45.6 Å². The third-order valence-corrected chi connectivity index (χ3v) is 5.21. The summed E-state index contributed by atoms with van der Waals surface area (Å²) in [7, 11) is 0. The van der Waals surface area contributed by atoms with Crippen LogP contribution in [0.4, 0.5) is 5.69 Å². The zero-order valence-electron chi connectivity index (χ0n) is 15.8. The Balaban J connectivity index is 1.62. The summed E-state index contributed by atoms with van der Waals surface area (Å²) in [4.78, 5) is 36.9. The smallest absolute Gasteiger partial charge is 0.338 e. The fraction of sp³-hybridized carbons (Fsp3) is 0.476. The van der Waals surface area contributed by atoms with Gasteiger partial charge in [0, 0.05) is 12.2 Å². The van der Waals surface area contributed by atoms with Gasteiger partial charge in [0.2, 0.25) is 0 Å². The molecule has 144 valence electrons. The average Bonchev–Trinajstić information content (AvgIpc) is 3.00. The van der Waals surface area contributed by atoms with Crippen LogP contribution in [0, 0.1) is 5.41 Å². The van der Waals surface area contributed by atoms with Gasteiger partial charge in [0.15, 0.2) is 0 Å². The molecule has 0 aliphatic carbocycles. The molecule has 0 N–H and O–H groups in total. The van der Waals surface area contributed by atoms with E-state index in [4.69, 9.17) is 9.47 Å². The molecule has 0 aromatic heterocycles. The minimum Gasteiger partial charge on any atom is -0.461 e. The van der Waals surface area contributed by atoms with Crippen LogP contribution < -0.4 is 4.90 Å². The summed E-state index contributed by atoms with van der Waals surface area (Å²) in [6, 6.07) is 6.30. The summed E-state index contributed by atoms with van der Waals surface area (Å²) >= 11 is 0. The van der Waals surface area contributed by atoms with Gasteiger partial charge in [-0.2, -0.15) is 0 Å². The number of rotatable bonds is 8. The second kappa shape index (κ2) is 8.05. The minimum absolute atomic E-state index is 0.0829. The second-order valence-corrected chi connectivity index (χ2v) is 7.17. The molecule has 0 saturated carbocycles. The first-order chi connectivity index (χ1) is 13.0. The molecule has 1 saturated heterocycles. The highest BCUT2D eigenvalue weighted by Crippen LogP contribution is 2.42. The Labute approximate surface area is 159 Å². The van der Waals surface area contributed by atoms with E-state index in [1.807, 2.05) is 0 Å². The molecule has 2 unspecified atom stereocenters. The molecule has 3 rings (SSSR count). The van der Waals surface area contributed by atoms with E-state index in [0.717, 1.165) is 30.6 Å². The van der Waals surface area contributed by atoms with E-state index >= 15 is 0 Å². The summed E-state index contributed by atoms with van der Waals surface area (Å²) in [5.41, 5.74) is 0.745. The number of carbonyl (C=O) groups is 3. The molecule has 1 fully saturated rings. The minimum atomic E-state index is -0.406. The zero-order chi connectivity index (χ0) is 19.4. The number of imide groups is 1. The maximum Gasteiger partial charge on any atom is 0.338 e. The molecule has 2 aliphatic heterocycles. The van der Waals surface area contributed by atoms with Crippen molar-refractivity contribution < 1.29 is 23.9 Å². The summed E-state index contributed by atoms with van der Waals surface area (Å²) in [6.45, 7) is 5.22. The maximum atomic E-state index is 12.4. The highest BCUT2D eigenvalue weighted by atomic mass is 16.6. The number of hydrogen-bond donors (Lipinski definition) is 0. The molecule has 0 spiro atoms. The van der Waals surface area contributed by atoms with E-state index in [9.17, 15) is 14.4 Å². The molecule has 2 amide bonds. The summed E-state index contributed by atoms with van der Waals surface area (Å²) < 4.78 is 11.3. The Morgan fingerprint density at radius 3 is 2.33 bits per heavy atom. The summed E-state index contributed by atoms with van der Waals surface area (Å²) in [5, 5.41) is 0. The fourth-order valence-electron chi connectivity index (χ4n) is 3.72.